The monoisotopic (exact) mass is 366 g/mol. The van der Waals surface area contributed by atoms with Gasteiger partial charge in [-0.2, -0.15) is 0 Å². The molecule has 1 aliphatic heterocycles. The van der Waals surface area contributed by atoms with Crippen molar-refractivity contribution >= 4 is 12.1 Å². The van der Waals surface area contributed by atoms with Crippen LogP contribution < -0.4 is 5.32 Å². The van der Waals surface area contributed by atoms with Gasteiger partial charge in [0.05, 0.1) is 13.2 Å². The Morgan fingerprint density at radius 3 is 2.58 bits per heavy atom. The van der Waals surface area contributed by atoms with Gasteiger partial charge in [-0.05, 0) is 64.2 Å². The molecular formula is C20H34N2O4. The molecule has 0 unspecified atom stereocenters. The van der Waals surface area contributed by atoms with Crippen molar-refractivity contribution in [2.24, 2.45) is 28.3 Å². The van der Waals surface area contributed by atoms with Crippen molar-refractivity contribution in [2.45, 2.75) is 77.5 Å². The van der Waals surface area contributed by atoms with Crippen LogP contribution in [0.15, 0.2) is 5.16 Å². The lowest BCUT2D eigenvalue weighted by atomic mass is 9.58. The summed E-state index contributed by atoms with van der Waals surface area (Å²) >= 11 is 0. The van der Waals surface area contributed by atoms with Crippen LogP contribution in [0.1, 0.15) is 66.2 Å². The molecule has 0 bridgehead atoms. The first-order valence-electron chi connectivity index (χ1n) is 9.98. The molecule has 4 atom stereocenters. The molecule has 2 N–H and O–H groups in total. The zero-order valence-corrected chi connectivity index (χ0v) is 16.6. The third-order valence-corrected chi connectivity index (χ3v) is 6.75. The topological polar surface area (TPSA) is 80.2 Å². The third kappa shape index (κ3) is 3.50. The van der Waals surface area contributed by atoms with Crippen LogP contribution in [0.2, 0.25) is 0 Å². The summed E-state index contributed by atoms with van der Waals surface area (Å²) < 4.78 is 12.2. The zero-order valence-electron chi connectivity index (χ0n) is 16.6. The van der Waals surface area contributed by atoms with Gasteiger partial charge >= 0.3 is 0 Å². The van der Waals surface area contributed by atoms with Gasteiger partial charge in [0.1, 0.15) is 0 Å². The molecule has 0 radical (unpaired) electrons. The Morgan fingerprint density at radius 2 is 1.96 bits per heavy atom. The van der Waals surface area contributed by atoms with Crippen LogP contribution in [-0.4, -0.2) is 41.9 Å². The average Bonchev–Trinajstić information content (AvgIpc) is 3.14. The number of nitrogens with zero attached hydrogens (tertiary/aromatic N) is 1. The van der Waals surface area contributed by atoms with Crippen molar-refractivity contribution < 1.29 is 19.5 Å². The highest BCUT2D eigenvalue weighted by Crippen LogP contribution is 2.62. The molecular weight excluding hydrogens is 332 g/mol. The smallest absolute Gasteiger partial charge is 0.224 e. The fraction of sp³-hybridized carbons (Fsp3) is 0.900. The molecule has 1 spiro atoms. The number of oxime groups is 1. The van der Waals surface area contributed by atoms with Gasteiger partial charge in [0.25, 0.3) is 0 Å². The lowest BCUT2D eigenvalue weighted by Crippen LogP contribution is -2.55. The summed E-state index contributed by atoms with van der Waals surface area (Å²) in [5.41, 5.74) is -0.243. The van der Waals surface area contributed by atoms with E-state index in [1.807, 2.05) is 20.8 Å². The fourth-order valence-electron chi connectivity index (χ4n) is 5.67. The summed E-state index contributed by atoms with van der Waals surface area (Å²) in [6, 6.07) is 0. The normalized spacial score (nSPS) is 36.5. The average molecular weight is 367 g/mol. The number of hydrogen-bond donors (Lipinski definition) is 2. The number of carbonyl (C=O) groups excluding carboxylic acids is 1. The molecule has 148 valence electrons. The van der Waals surface area contributed by atoms with E-state index in [1.165, 1.54) is 0 Å². The summed E-state index contributed by atoms with van der Waals surface area (Å²) in [5.74, 6) is 0.330. The van der Waals surface area contributed by atoms with E-state index in [-0.39, 0.29) is 28.7 Å². The Bertz CT molecular complexity index is 551. The minimum absolute atomic E-state index is 0.0308. The maximum absolute atomic E-state index is 13.0. The lowest BCUT2D eigenvalue weighted by molar-refractivity contribution is -0.246. The molecule has 3 rings (SSSR count). The second-order valence-electron chi connectivity index (χ2n) is 9.47. The molecule has 1 saturated heterocycles. The quantitative estimate of drug-likeness (QED) is 0.454. The predicted octanol–water partition coefficient (Wildman–Crippen LogP) is 3.33. The molecule has 1 amide bonds. The molecule has 6 heteroatoms. The highest BCUT2D eigenvalue weighted by atomic mass is 16.7. The van der Waals surface area contributed by atoms with Gasteiger partial charge in [-0.3, -0.25) is 4.79 Å². The van der Waals surface area contributed by atoms with E-state index >= 15 is 0 Å². The SMILES string of the molecule is CC(C)(C)NC(=O)[C@H]1CC[C@H]2[C@H](CC/C=N/O)C3(CC[C@]12C)OCCO3. The number of hydrogen-bond acceptors (Lipinski definition) is 5. The van der Waals surface area contributed by atoms with E-state index in [0.717, 1.165) is 32.1 Å². The van der Waals surface area contributed by atoms with Crippen molar-refractivity contribution in [1.29, 1.82) is 0 Å². The van der Waals surface area contributed by atoms with Gasteiger partial charge in [-0.25, -0.2) is 0 Å². The van der Waals surface area contributed by atoms with Crippen LogP contribution in [0.4, 0.5) is 0 Å². The van der Waals surface area contributed by atoms with E-state index in [9.17, 15) is 4.79 Å². The van der Waals surface area contributed by atoms with Crippen molar-refractivity contribution in [3.63, 3.8) is 0 Å². The number of fused-ring (bicyclic) bond motifs is 1. The summed E-state index contributed by atoms with van der Waals surface area (Å²) in [7, 11) is 0. The van der Waals surface area contributed by atoms with E-state index in [4.69, 9.17) is 14.7 Å². The van der Waals surface area contributed by atoms with Crippen LogP contribution >= 0.6 is 0 Å². The second kappa shape index (κ2) is 7.12. The minimum atomic E-state index is -0.511. The first kappa shape index (κ1) is 19.6. The van der Waals surface area contributed by atoms with Crippen molar-refractivity contribution in [3.8, 4) is 0 Å². The van der Waals surface area contributed by atoms with Gasteiger partial charge < -0.3 is 20.0 Å². The first-order valence-corrected chi connectivity index (χ1v) is 9.98. The molecule has 3 aliphatic rings. The molecule has 6 nitrogen and oxygen atoms in total. The van der Waals surface area contributed by atoms with Crippen molar-refractivity contribution in [1.82, 2.24) is 5.32 Å². The minimum Gasteiger partial charge on any atom is -0.411 e. The molecule has 26 heavy (non-hydrogen) atoms. The highest BCUT2D eigenvalue weighted by molar-refractivity contribution is 5.80. The highest BCUT2D eigenvalue weighted by Gasteiger charge is 2.62. The molecule has 0 aromatic rings. The van der Waals surface area contributed by atoms with Crippen LogP contribution in [0.3, 0.4) is 0 Å². The summed E-state index contributed by atoms with van der Waals surface area (Å²) in [6.07, 6.45) is 6.83. The lowest BCUT2D eigenvalue weighted by Gasteiger charge is -2.52. The second-order valence-corrected chi connectivity index (χ2v) is 9.47. The summed E-state index contributed by atoms with van der Waals surface area (Å²) in [4.78, 5) is 13.0. The van der Waals surface area contributed by atoms with Gasteiger partial charge in [-0.15, -0.1) is 5.16 Å². The van der Waals surface area contributed by atoms with Crippen LogP contribution in [0.25, 0.3) is 0 Å². The van der Waals surface area contributed by atoms with Gasteiger partial charge in [-0.1, -0.05) is 6.92 Å². The number of nitrogens with one attached hydrogen (secondary N) is 1. The Labute approximate surface area is 156 Å². The number of amides is 1. The van der Waals surface area contributed by atoms with Gasteiger partial charge in [0.2, 0.25) is 5.91 Å². The molecule has 3 fully saturated rings. The Morgan fingerprint density at radius 1 is 1.27 bits per heavy atom. The largest absolute Gasteiger partial charge is 0.411 e. The predicted molar refractivity (Wildman–Crippen MR) is 99.1 cm³/mol. The van der Waals surface area contributed by atoms with E-state index < -0.39 is 5.79 Å². The van der Waals surface area contributed by atoms with Crippen molar-refractivity contribution in [2.75, 3.05) is 13.2 Å². The van der Waals surface area contributed by atoms with E-state index in [0.29, 0.717) is 25.6 Å². The summed E-state index contributed by atoms with van der Waals surface area (Å²) in [6.45, 7) is 9.67. The molecule has 0 aromatic carbocycles. The number of carbonyl (C=O) groups is 1. The van der Waals surface area contributed by atoms with Crippen LogP contribution in [0, 0.1) is 23.2 Å². The Kier molecular flexibility index (Phi) is 5.37. The first-order chi connectivity index (χ1) is 12.2. The molecule has 1 heterocycles. The fourth-order valence-corrected chi connectivity index (χ4v) is 5.67. The zero-order chi connectivity index (χ0) is 19.0. The molecule has 0 aromatic heterocycles. The maximum Gasteiger partial charge on any atom is 0.224 e. The van der Waals surface area contributed by atoms with Crippen LogP contribution in [-0.2, 0) is 14.3 Å². The Hall–Kier alpha value is -1.14. The van der Waals surface area contributed by atoms with Crippen molar-refractivity contribution in [3.05, 3.63) is 0 Å². The van der Waals surface area contributed by atoms with E-state index in [2.05, 4.69) is 17.4 Å². The number of ether oxygens (including phenoxy) is 2. The molecule has 2 aliphatic carbocycles. The molecule has 2 saturated carbocycles. The standard InChI is InChI=1S/C20H34N2O4/c1-18(2,3)22-17(23)16-8-7-14-15(6-5-11-21-24)20(25-12-13-26-20)10-9-19(14,16)4/h11,14-16,24H,5-10,12-13H2,1-4H3,(H,22,23)/b21-11+/t14-,15-,16+,19-/m0/s1. The van der Waals surface area contributed by atoms with E-state index in [1.54, 1.807) is 6.21 Å². The van der Waals surface area contributed by atoms with Gasteiger partial charge in [0, 0.05) is 30.0 Å². The maximum atomic E-state index is 13.0. The van der Waals surface area contributed by atoms with Gasteiger partial charge in [0.15, 0.2) is 5.79 Å². The summed E-state index contributed by atoms with van der Waals surface area (Å²) in [5, 5.41) is 15.1. The van der Waals surface area contributed by atoms with Crippen LogP contribution in [0.5, 0.6) is 0 Å². The number of rotatable bonds is 4. The Balaban J connectivity index is 1.82. The third-order valence-electron chi connectivity index (χ3n) is 6.75.